The lowest BCUT2D eigenvalue weighted by atomic mass is 10.0. The summed E-state index contributed by atoms with van der Waals surface area (Å²) in [6.45, 7) is 0.718. The van der Waals surface area contributed by atoms with Gasteiger partial charge < -0.3 is 15.4 Å². The van der Waals surface area contributed by atoms with Crippen molar-refractivity contribution < 1.29 is 22.3 Å². The molecule has 1 saturated heterocycles. The van der Waals surface area contributed by atoms with E-state index in [-0.39, 0.29) is 29.8 Å². The van der Waals surface area contributed by atoms with Gasteiger partial charge in [-0.25, -0.2) is 17.5 Å². The number of halogens is 1. The molecule has 0 bridgehead atoms. The Labute approximate surface area is 166 Å². The summed E-state index contributed by atoms with van der Waals surface area (Å²) in [4.78, 5) is 13.1. The van der Waals surface area contributed by atoms with Crippen molar-refractivity contribution in [2.75, 3.05) is 28.7 Å². The molecule has 2 N–H and O–H groups in total. The number of aromatic nitrogens is 3. The molecule has 2 aromatic rings. The minimum absolute atomic E-state index is 0.0156. The van der Waals surface area contributed by atoms with Crippen LogP contribution in [0, 0.1) is 5.82 Å². The van der Waals surface area contributed by atoms with Crippen LogP contribution in [0.15, 0.2) is 30.5 Å². The Morgan fingerprint density at radius 3 is 2.83 bits per heavy atom. The van der Waals surface area contributed by atoms with Crippen LogP contribution in [0.5, 0.6) is 0 Å². The largest absolute Gasteiger partial charge is 0.381 e. The quantitative estimate of drug-likeness (QED) is 0.698. The summed E-state index contributed by atoms with van der Waals surface area (Å²) < 4.78 is 45.2. The first kappa shape index (κ1) is 19.5. The summed E-state index contributed by atoms with van der Waals surface area (Å²) >= 11 is 0. The van der Waals surface area contributed by atoms with Crippen molar-refractivity contribution in [3.8, 4) is 0 Å². The molecule has 0 aliphatic carbocycles. The minimum atomic E-state index is -3.08. The summed E-state index contributed by atoms with van der Waals surface area (Å²) in [5, 5.41) is 7.57. The second kappa shape index (κ2) is 7.56. The van der Waals surface area contributed by atoms with Crippen LogP contribution < -0.4 is 10.6 Å². The zero-order chi connectivity index (χ0) is 20.6. The van der Waals surface area contributed by atoms with Gasteiger partial charge >= 0.3 is 0 Å². The van der Waals surface area contributed by atoms with E-state index in [1.807, 2.05) is 0 Å². The van der Waals surface area contributed by atoms with E-state index in [0.29, 0.717) is 36.2 Å². The Kier molecular flexibility index (Phi) is 5.09. The van der Waals surface area contributed by atoms with Crippen LogP contribution in [0.1, 0.15) is 12.0 Å². The normalized spacial score (nSPS) is 23.8. The molecule has 154 valence electrons. The Hall–Kier alpha value is -2.79. The zero-order valence-electron chi connectivity index (χ0n) is 15.4. The van der Waals surface area contributed by atoms with Crippen molar-refractivity contribution >= 4 is 33.2 Å². The number of carbonyl (C=O) groups is 1. The number of anilines is 2. The monoisotopic (exact) mass is 421 g/mol. The fraction of sp³-hybridized carbons (Fsp3) is 0.389. The van der Waals surface area contributed by atoms with Crippen LogP contribution in [-0.2, 0) is 25.9 Å². The summed E-state index contributed by atoms with van der Waals surface area (Å²) in [5.41, 5.74) is 7.11. The van der Waals surface area contributed by atoms with E-state index in [2.05, 4.69) is 10.3 Å². The second-order valence-electron chi connectivity index (χ2n) is 7.06. The second-order valence-corrected chi connectivity index (χ2v) is 9.29. The summed E-state index contributed by atoms with van der Waals surface area (Å²) in [5.74, 6) is -0.244. The highest BCUT2D eigenvalue weighted by Crippen LogP contribution is 2.31. The third-order valence-corrected chi connectivity index (χ3v) is 6.50. The van der Waals surface area contributed by atoms with Crippen LogP contribution in [-0.4, -0.2) is 60.1 Å². The van der Waals surface area contributed by atoms with Gasteiger partial charge in [-0.3, -0.25) is 4.79 Å². The molecule has 1 fully saturated rings. The van der Waals surface area contributed by atoms with Gasteiger partial charge in [0.2, 0.25) is 0 Å². The molecule has 0 radical (unpaired) electrons. The SMILES string of the molecule is Nc1cn(C[C@H]2CN(c3ccc(C4=CCS(=O)(=O)CC4)c(F)c3)C(C=O)O2)nn1. The Morgan fingerprint density at radius 2 is 2.21 bits per heavy atom. The lowest BCUT2D eigenvalue weighted by Gasteiger charge is -2.22. The maximum absolute atomic E-state index is 14.8. The van der Waals surface area contributed by atoms with Gasteiger partial charge in [-0.15, -0.1) is 5.10 Å². The fourth-order valence-corrected chi connectivity index (χ4v) is 4.73. The summed E-state index contributed by atoms with van der Waals surface area (Å²) in [7, 11) is -3.08. The Bertz CT molecular complexity index is 1070. The van der Waals surface area contributed by atoms with Crippen molar-refractivity contribution in [2.45, 2.75) is 25.3 Å². The average Bonchev–Trinajstić information content (AvgIpc) is 3.28. The van der Waals surface area contributed by atoms with Crippen LogP contribution in [0.25, 0.3) is 5.57 Å². The van der Waals surface area contributed by atoms with Crippen LogP contribution in [0.2, 0.25) is 0 Å². The highest BCUT2D eigenvalue weighted by atomic mass is 32.2. The average molecular weight is 421 g/mol. The van der Waals surface area contributed by atoms with Crippen LogP contribution in [0.3, 0.4) is 0 Å². The van der Waals surface area contributed by atoms with E-state index in [1.54, 1.807) is 29.3 Å². The van der Waals surface area contributed by atoms with Crippen molar-refractivity contribution in [1.29, 1.82) is 0 Å². The van der Waals surface area contributed by atoms with E-state index >= 15 is 0 Å². The molecule has 4 rings (SSSR count). The van der Waals surface area contributed by atoms with Gasteiger partial charge in [0.1, 0.15) is 5.82 Å². The van der Waals surface area contributed by atoms with Gasteiger partial charge in [-0.1, -0.05) is 11.3 Å². The predicted octanol–water partition coefficient (Wildman–Crippen LogP) is 0.632. The molecular formula is C18H20FN5O4S. The maximum atomic E-state index is 14.8. The lowest BCUT2D eigenvalue weighted by molar-refractivity contribution is -0.117. The van der Waals surface area contributed by atoms with Gasteiger partial charge in [0, 0.05) is 17.8 Å². The standard InChI is InChI=1S/C18H20FN5O4S/c19-16-7-13(1-2-15(16)12-3-5-29(26,27)6-4-12)24-9-14(28-18(24)11-25)8-23-10-17(20)21-22-23/h1-3,7,10-11,14,18H,4-6,8-9,20H2/t14-,18?/m0/s1. The molecule has 0 spiro atoms. The first-order valence-corrected chi connectivity index (χ1v) is 10.9. The number of nitrogens with zero attached hydrogens (tertiary/aromatic N) is 4. The molecule has 0 amide bonds. The maximum Gasteiger partial charge on any atom is 0.187 e. The number of carbonyl (C=O) groups excluding carboxylic acids is 1. The molecule has 1 aromatic heterocycles. The first-order chi connectivity index (χ1) is 13.8. The third kappa shape index (κ3) is 4.15. The fourth-order valence-electron chi connectivity index (χ4n) is 3.57. The number of hydrogen-bond acceptors (Lipinski definition) is 8. The molecule has 2 aliphatic rings. The Balaban J connectivity index is 1.52. The summed E-state index contributed by atoms with van der Waals surface area (Å²) in [6.07, 6.45) is 2.88. The molecule has 11 heteroatoms. The molecule has 29 heavy (non-hydrogen) atoms. The number of benzene rings is 1. The number of allylic oxidation sites excluding steroid dienone is 1. The third-order valence-electron chi connectivity index (χ3n) is 5.00. The minimum Gasteiger partial charge on any atom is -0.381 e. The molecular weight excluding hydrogens is 401 g/mol. The summed E-state index contributed by atoms with van der Waals surface area (Å²) in [6, 6.07) is 4.66. The molecule has 3 heterocycles. The van der Waals surface area contributed by atoms with E-state index in [9.17, 15) is 17.6 Å². The van der Waals surface area contributed by atoms with Gasteiger partial charge in [-0.2, -0.15) is 0 Å². The number of ether oxygens (including phenoxy) is 1. The van der Waals surface area contributed by atoms with Gasteiger partial charge in [0.05, 0.1) is 30.4 Å². The van der Waals surface area contributed by atoms with Crippen molar-refractivity contribution in [2.24, 2.45) is 0 Å². The van der Waals surface area contributed by atoms with E-state index in [0.717, 1.165) is 0 Å². The molecule has 2 aliphatic heterocycles. The van der Waals surface area contributed by atoms with Crippen molar-refractivity contribution in [3.05, 3.63) is 41.9 Å². The van der Waals surface area contributed by atoms with E-state index in [1.165, 1.54) is 10.7 Å². The lowest BCUT2D eigenvalue weighted by Crippen LogP contribution is -2.31. The van der Waals surface area contributed by atoms with Crippen molar-refractivity contribution in [3.63, 3.8) is 0 Å². The molecule has 0 saturated carbocycles. The van der Waals surface area contributed by atoms with Crippen LogP contribution >= 0.6 is 0 Å². The Morgan fingerprint density at radius 1 is 1.38 bits per heavy atom. The number of hydrogen-bond donors (Lipinski definition) is 1. The molecule has 2 atom stereocenters. The smallest absolute Gasteiger partial charge is 0.187 e. The number of nitrogens with two attached hydrogens (primary N) is 1. The molecule has 1 aromatic carbocycles. The molecule has 1 unspecified atom stereocenters. The number of sulfone groups is 1. The number of aldehydes is 1. The number of nitrogen functional groups attached to an aromatic ring is 1. The van der Waals surface area contributed by atoms with Crippen LogP contribution in [0.4, 0.5) is 15.9 Å². The van der Waals surface area contributed by atoms with Crippen molar-refractivity contribution in [1.82, 2.24) is 15.0 Å². The van der Waals surface area contributed by atoms with E-state index in [4.69, 9.17) is 10.5 Å². The van der Waals surface area contributed by atoms with Gasteiger partial charge in [0.15, 0.2) is 28.2 Å². The molecule has 9 nitrogen and oxygen atoms in total. The highest BCUT2D eigenvalue weighted by molar-refractivity contribution is 7.91. The van der Waals surface area contributed by atoms with Gasteiger partial charge in [-0.05, 0) is 30.2 Å². The zero-order valence-corrected chi connectivity index (χ0v) is 16.3. The van der Waals surface area contributed by atoms with Gasteiger partial charge in [0.25, 0.3) is 0 Å². The van der Waals surface area contributed by atoms with E-state index < -0.39 is 21.9 Å². The number of rotatable bonds is 5. The predicted molar refractivity (Wildman–Crippen MR) is 104 cm³/mol. The first-order valence-electron chi connectivity index (χ1n) is 9.07. The topological polar surface area (TPSA) is 120 Å². The highest BCUT2D eigenvalue weighted by Gasteiger charge is 2.33.